The minimum atomic E-state index is 0.930. The number of nitrogens with one attached hydrogen (secondary N) is 1. The summed E-state index contributed by atoms with van der Waals surface area (Å²) in [6, 6.07) is 4.20. The van der Waals surface area contributed by atoms with Gasteiger partial charge in [0, 0.05) is 12.2 Å². The van der Waals surface area contributed by atoms with Crippen LogP contribution in [0.15, 0.2) is 12.1 Å². The third-order valence-corrected chi connectivity index (χ3v) is 1.74. The predicted molar refractivity (Wildman–Crippen MR) is 52.5 cm³/mol. The van der Waals surface area contributed by atoms with Crippen LogP contribution in [0.1, 0.15) is 25.1 Å². The van der Waals surface area contributed by atoms with Crippen molar-refractivity contribution in [2.45, 2.75) is 27.2 Å². The molecule has 2 heteroatoms. The topological polar surface area (TPSA) is 24.9 Å². The second-order valence-corrected chi connectivity index (χ2v) is 2.90. The molecule has 1 aromatic heterocycles. The summed E-state index contributed by atoms with van der Waals surface area (Å²) < 4.78 is 0. The molecular weight excluding hydrogens is 148 g/mol. The van der Waals surface area contributed by atoms with Gasteiger partial charge in [0.1, 0.15) is 5.82 Å². The molecule has 0 radical (unpaired) electrons. The molecule has 66 valence electrons. The van der Waals surface area contributed by atoms with Gasteiger partial charge in [-0.1, -0.05) is 6.92 Å². The normalized spacial score (nSPS) is 9.92. The van der Waals surface area contributed by atoms with Crippen molar-refractivity contribution in [2.24, 2.45) is 0 Å². The third-order valence-electron chi connectivity index (χ3n) is 1.74. The highest BCUT2D eigenvalue weighted by Crippen LogP contribution is 2.09. The first-order valence-electron chi connectivity index (χ1n) is 4.47. The minimum Gasteiger partial charge on any atom is -0.370 e. The van der Waals surface area contributed by atoms with Gasteiger partial charge in [0.2, 0.25) is 0 Å². The molecule has 0 aliphatic rings. The molecule has 0 aliphatic carbocycles. The van der Waals surface area contributed by atoms with Crippen molar-refractivity contribution < 1.29 is 0 Å². The maximum Gasteiger partial charge on any atom is 0.126 e. The highest BCUT2D eigenvalue weighted by Gasteiger charge is 1.96. The van der Waals surface area contributed by atoms with Crippen LogP contribution in [-0.4, -0.2) is 11.5 Å². The second-order valence-electron chi connectivity index (χ2n) is 2.90. The summed E-state index contributed by atoms with van der Waals surface area (Å²) in [5.74, 6) is 0.995. The van der Waals surface area contributed by atoms with Crippen LogP contribution in [-0.2, 0) is 6.42 Å². The first-order valence-corrected chi connectivity index (χ1v) is 4.47. The van der Waals surface area contributed by atoms with Crippen molar-refractivity contribution in [1.82, 2.24) is 4.98 Å². The average molecular weight is 164 g/mol. The summed E-state index contributed by atoms with van der Waals surface area (Å²) in [5.41, 5.74) is 2.43. The fraction of sp³-hybridized carbons (Fsp3) is 0.500. The van der Waals surface area contributed by atoms with Gasteiger partial charge in [-0.25, -0.2) is 4.98 Å². The number of aryl methyl sites for hydroxylation is 2. The Morgan fingerprint density at radius 2 is 2.08 bits per heavy atom. The van der Waals surface area contributed by atoms with Gasteiger partial charge in [0.25, 0.3) is 0 Å². The molecule has 1 aromatic rings. The van der Waals surface area contributed by atoms with Crippen molar-refractivity contribution >= 4 is 5.82 Å². The van der Waals surface area contributed by atoms with E-state index in [0.29, 0.717) is 0 Å². The van der Waals surface area contributed by atoms with Gasteiger partial charge in [-0.3, -0.25) is 0 Å². The van der Waals surface area contributed by atoms with Gasteiger partial charge in [0.15, 0.2) is 0 Å². The molecule has 0 aliphatic heterocycles. The van der Waals surface area contributed by atoms with Crippen molar-refractivity contribution in [3.8, 4) is 0 Å². The SMILES string of the molecule is CCNc1cc(C)cc(CC)n1. The van der Waals surface area contributed by atoms with E-state index in [9.17, 15) is 0 Å². The van der Waals surface area contributed by atoms with Crippen LogP contribution < -0.4 is 5.32 Å². The van der Waals surface area contributed by atoms with Crippen LogP contribution in [0, 0.1) is 6.92 Å². The van der Waals surface area contributed by atoms with Crippen LogP contribution in [0.25, 0.3) is 0 Å². The lowest BCUT2D eigenvalue weighted by atomic mass is 10.2. The quantitative estimate of drug-likeness (QED) is 0.742. The molecular formula is C10H16N2. The van der Waals surface area contributed by atoms with E-state index < -0.39 is 0 Å². The maximum atomic E-state index is 4.43. The van der Waals surface area contributed by atoms with Gasteiger partial charge in [-0.2, -0.15) is 0 Å². The number of hydrogen-bond acceptors (Lipinski definition) is 2. The zero-order chi connectivity index (χ0) is 8.97. The summed E-state index contributed by atoms with van der Waals surface area (Å²) in [6.45, 7) is 7.23. The maximum absolute atomic E-state index is 4.43. The molecule has 0 unspecified atom stereocenters. The Kier molecular flexibility index (Phi) is 3.09. The number of pyridine rings is 1. The molecule has 1 N–H and O–H groups in total. The van der Waals surface area contributed by atoms with E-state index in [4.69, 9.17) is 0 Å². The Hall–Kier alpha value is -1.05. The first kappa shape index (κ1) is 9.04. The lowest BCUT2D eigenvalue weighted by Crippen LogP contribution is -2.01. The van der Waals surface area contributed by atoms with Crippen molar-refractivity contribution in [3.63, 3.8) is 0 Å². The lowest BCUT2D eigenvalue weighted by molar-refractivity contribution is 1.02. The molecule has 12 heavy (non-hydrogen) atoms. The Morgan fingerprint density at radius 3 is 2.67 bits per heavy atom. The highest BCUT2D eigenvalue weighted by molar-refractivity contribution is 5.39. The lowest BCUT2D eigenvalue weighted by Gasteiger charge is -2.05. The molecule has 0 atom stereocenters. The van der Waals surface area contributed by atoms with E-state index in [0.717, 1.165) is 24.5 Å². The predicted octanol–water partition coefficient (Wildman–Crippen LogP) is 2.38. The monoisotopic (exact) mass is 164 g/mol. The van der Waals surface area contributed by atoms with Crippen LogP contribution in [0.3, 0.4) is 0 Å². The summed E-state index contributed by atoms with van der Waals surface area (Å²) in [4.78, 5) is 4.43. The Bertz CT molecular complexity index is 256. The molecule has 0 spiro atoms. The van der Waals surface area contributed by atoms with Gasteiger partial charge < -0.3 is 5.32 Å². The fourth-order valence-electron chi connectivity index (χ4n) is 1.19. The molecule has 0 saturated heterocycles. The number of hydrogen-bond donors (Lipinski definition) is 1. The molecule has 0 amide bonds. The summed E-state index contributed by atoms with van der Waals surface area (Å²) in [7, 11) is 0. The van der Waals surface area contributed by atoms with Crippen molar-refractivity contribution in [3.05, 3.63) is 23.4 Å². The fourth-order valence-corrected chi connectivity index (χ4v) is 1.19. The number of rotatable bonds is 3. The Balaban J connectivity index is 2.90. The summed E-state index contributed by atoms with van der Waals surface area (Å²) in [6.07, 6.45) is 1.00. The Labute approximate surface area is 74.0 Å². The first-order chi connectivity index (χ1) is 5.76. The molecule has 0 saturated carbocycles. The summed E-state index contributed by atoms with van der Waals surface area (Å²) >= 11 is 0. The molecule has 1 heterocycles. The number of nitrogens with zero attached hydrogens (tertiary/aromatic N) is 1. The van der Waals surface area contributed by atoms with E-state index in [1.54, 1.807) is 0 Å². The van der Waals surface area contributed by atoms with Crippen molar-refractivity contribution in [1.29, 1.82) is 0 Å². The molecule has 0 fully saturated rings. The van der Waals surface area contributed by atoms with Gasteiger partial charge in [-0.15, -0.1) is 0 Å². The average Bonchev–Trinajstić information content (AvgIpc) is 2.04. The van der Waals surface area contributed by atoms with Gasteiger partial charge in [-0.05, 0) is 38.0 Å². The van der Waals surface area contributed by atoms with Crippen LogP contribution in [0.4, 0.5) is 5.82 Å². The molecule has 0 bridgehead atoms. The zero-order valence-electron chi connectivity index (χ0n) is 8.02. The highest BCUT2D eigenvalue weighted by atomic mass is 15.0. The standard InChI is InChI=1S/C10H16N2/c1-4-9-6-8(3)7-10(12-9)11-5-2/h6-7H,4-5H2,1-3H3,(H,11,12). The zero-order valence-corrected chi connectivity index (χ0v) is 8.02. The van der Waals surface area contributed by atoms with E-state index >= 15 is 0 Å². The van der Waals surface area contributed by atoms with E-state index in [1.165, 1.54) is 5.56 Å². The van der Waals surface area contributed by atoms with Gasteiger partial charge >= 0.3 is 0 Å². The van der Waals surface area contributed by atoms with Crippen LogP contribution in [0.2, 0.25) is 0 Å². The van der Waals surface area contributed by atoms with Crippen molar-refractivity contribution in [2.75, 3.05) is 11.9 Å². The van der Waals surface area contributed by atoms with E-state index in [2.05, 4.69) is 43.2 Å². The van der Waals surface area contributed by atoms with Crippen LogP contribution >= 0.6 is 0 Å². The Morgan fingerprint density at radius 1 is 1.33 bits per heavy atom. The molecule has 0 aromatic carbocycles. The summed E-state index contributed by atoms with van der Waals surface area (Å²) in [5, 5.41) is 3.21. The van der Waals surface area contributed by atoms with E-state index in [1.807, 2.05) is 0 Å². The smallest absolute Gasteiger partial charge is 0.126 e. The third kappa shape index (κ3) is 2.22. The van der Waals surface area contributed by atoms with Gasteiger partial charge in [0.05, 0.1) is 0 Å². The second kappa shape index (κ2) is 4.10. The minimum absolute atomic E-state index is 0.930. The molecule has 1 rings (SSSR count). The largest absolute Gasteiger partial charge is 0.370 e. The molecule has 2 nitrogen and oxygen atoms in total. The number of anilines is 1. The van der Waals surface area contributed by atoms with Crippen LogP contribution in [0.5, 0.6) is 0 Å². The number of aromatic nitrogens is 1. The van der Waals surface area contributed by atoms with E-state index in [-0.39, 0.29) is 0 Å².